The molecule has 0 atom stereocenters. The second kappa shape index (κ2) is 8.82. The van der Waals surface area contributed by atoms with Crippen LogP contribution in [0.15, 0.2) is 12.7 Å². The Morgan fingerprint density at radius 1 is 1.38 bits per heavy atom. The summed E-state index contributed by atoms with van der Waals surface area (Å²) in [4.78, 5) is 11.8. The van der Waals surface area contributed by atoms with Crippen LogP contribution in [0.3, 0.4) is 0 Å². The maximum absolute atomic E-state index is 11.7. The summed E-state index contributed by atoms with van der Waals surface area (Å²) in [5.74, 6) is -0.463. The van der Waals surface area contributed by atoms with Gasteiger partial charge in [-0.05, 0) is 13.8 Å². The van der Waals surface area contributed by atoms with Crippen molar-refractivity contribution in [2.45, 2.75) is 25.1 Å². The number of ether oxygens (including phenoxy) is 2. The first kappa shape index (κ1) is 15.7. The van der Waals surface area contributed by atoms with E-state index in [1.165, 1.54) is 4.90 Å². The molecule has 0 aromatic heterocycles. The molecule has 16 heavy (non-hydrogen) atoms. The highest BCUT2D eigenvalue weighted by molar-refractivity contribution is 6.53. The molecular weight excluding hydrogens is 253 g/mol. The minimum atomic E-state index is -1.14. The van der Waals surface area contributed by atoms with Crippen molar-refractivity contribution in [2.24, 2.45) is 0 Å². The Morgan fingerprint density at radius 3 is 2.19 bits per heavy atom. The smallest absolute Gasteiger partial charge is 0.260 e. The lowest BCUT2D eigenvalue weighted by atomic mass is 10.5. The Kier molecular flexibility index (Phi) is 8.66. The molecule has 6 heteroatoms. The Bertz CT molecular complexity index is 218. The zero-order valence-electron chi connectivity index (χ0n) is 9.49. The van der Waals surface area contributed by atoms with Crippen LogP contribution in [-0.2, 0) is 14.3 Å². The van der Waals surface area contributed by atoms with E-state index in [1.54, 1.807) is 6.08 Å². The molecule has 0 aromatic rings. The summed E-state index contributed by atoms with van der Waals surface area (Å²) in [6, 6.07) is 0. The normalized spacial score (nSPS) is 10.9. The molecule has 4 nitrogen and oxygen atoms in total. The first-order valence-corrected chi connectivity index (χ1v) is 5.88. The van der Waals surface area contributed by atoms with E-state index >= 15 is 0 Å². The van der Waals surface area contributed by atoms with Gasteiger partial charge in [0.15, 0.2) is 4.84 Å². The van der Waals surface area contributed by atoms with Gasteiger partial charge in [0.25, 0.3) is 5.91 Å². The van der Waals surface area contributed by atoms with Crippen molar-refractivity contribution >= 4 is 29.1 Å². The van der Waals surface area contributed by atoms with E-state index in [9.17, 15) is 4.79 Å². The molecule has 94 valence electrons. The van der Waals surface area contributed by atoms with Crippen LogP contribution < -0.4 is 0 Å². The van der Waals surface area contributed by atoms with Crippen molar-refractivity contribution in [3.05, 3.63) is 12.7 Å². The Balaban J connectivity index is 4.67. The third-order valence-corrected chi connectivity index (χ3v) is 2.04. The number of nitrogens with zero attached hydrogens (tertiary/aromatic N) is 1. The number of hydrogen-bond donors (Lipinski definition) is 0. The van der Waals surface area contributed by atoms with E-state index in [1.807, 2.05) is 13.8 Å². The Morgan fingerprint density at radius 2 is 1.88 bits per heavy atom. The Hall–Kier alpha value is -0.290. The van der Waals surface area contributed by atoms with Gasteiger partial charge in [-0.1, -0.05) is 29.3 Å². The zero-order chi connectivity index (χ0) is 12.6. The van der Waals surface area contributed by atoms with E-state index in [0.717, 1.165) is 0 Å². The van der Waals surface area contributed by atoms with Gasteiger partial charge < -0.3 is 9.47 Å². The first-order valence-electron chi connectivity index (χ1n) is 5.01. The lowest BCUT2D eigenvalue weighted by Gasteiger charge is -2.30. The van der Waals surface area contributed by atoms with Gasteiger partial charge in [0.05, 0.1) is 0 Å². The van der Waals surface area contributed by atoms with Gasteiger partial charge in [-0.3, -0.25) is 9.69 Å². The van der Waals surface area contributed by atoms with E-state index in [2.05, 4.69) is 6.58 Å². The second-order valence-electron chi connectivity index (χ2n) is 2.80. The van der Waals surface area contributed by atoms with Gasteiger partial charge in [0.1, 0.15) is 0 Å². The van der Waals surface area contributed by atoms with Gasteiger partial charge >= 0.3 is 0 Å². The number of alkyl halides is 2. The molecule has 0 rings (SSSR count). The predicted octanol–water partition coefficient (Wildman–Crippen LogP) is 2.16. The number of amides is 1. The van der Waals surface area contributed by atoms with Gasteiger partial charge in [-0.15, -0.1) is 6.58 Å². The van der Waals surface area contributed by atoms with Crippen molar-refractivity contribution in [1.29, 1.82) is 0 Å². The van der Waals surface area contributed by atoms with E-state index in [-0.39, 0.29) is 6.54 Å². The van der Waals surface area contributed by atoms with Crippen LogP contribution in [0.1, 0.15) is 13.8 Å². The predicted molar refractivity (Wildman–Crippen MR) is 64.4 cm³/mol. The van der Waals surface area contributed by atoms with E-state index < -0.39 is 17.2 Å². The van der Waals surface area contributed by atoms with Crippen molar-refractivity contribution in [3.63, 3.8) is 0 Å². The summed E-state index contributed by atoms with van der Waals surface area (Å²) >= 11 is 11.1. The third-order valence-electron chi connectivity index (χ3n) is 1.67. The summed E-state index contributed by atoms with van der Waals surface area (Å²) in [5, 5.41) is 0. The van der Waals surface area contributed by atoms with Crippen LogP contribution in [0.4, 0.5) is 0 Å². The number of hydrogen-bond acceptors (Lipinski definition) is 3. The molecule has 0 aliphatic carbocycles. The number of rotatable bonds is 8. The van der Waals surface area contributed by atoms with Crippen molar-refractivity contribution in [3.8, 4) is 0 Å². The molecule has 0 aliphatic heterocycles. The van der Waals surface area contributed by atoms with Gasteiger partial charge in [-0.2, -0.15) is 0 Å². The maximum atomic E-state index is 11.7. The van der Waals surface area contributed by atoms with Gasteiger partial charge in [-0.25, -0.2) is 0 Å². The molecule has 0 saturated heterocycles. The fraction of sp³-hybridized carbons (Fsp3) is 0.700. The highest BCUT2D eigenvalue weighted by Crippen LogP contribution is 2.12. The molecule has 0 bridgehead atoms. The number of carbonyl (C=O) groups excluding carboxylic acids is 1. The van der Waals surface area contributed by atoms with Crippen LogP contribution in [0.5, 0.6) is 0 Å². The third kappa shape index (κ3) is 5.16. The largest absolute Gasteiger partial charge is 0.335 e. The van der Waals surface area contributed by atoms with Crippen molar-refractivity contribution < 1.29 is 14.3 Å². The van der Waals surface area contributed by atoms with Crippen LogP contribution in [0.25, 0.3) is 0 Å². The fourth-order valence-electron chi connectivity index (χ4n) is 1.06. The monoisotopic (exact) mass is 269 g/mol. The topological polar surface area (TPSA) is 38.8 Å². The maximum Gasteiger partial charge on any atom is 0.260 e. The van der Waals surface area contributed by atoms with Crippen LogP contribution in [-0.4, -0.2) is 41.8 Å². The standard InChI is InChI=1S/C10H17Cl2NO3/c1-4-7-13(9(14)8(11)12)10(15-5-2)16-6-3/h4,8,10H,1,5-7H2,2-3H3. The molecule has 0 aliphatic rings. The zero-order valence-corrected chi connectivity index (χ0v) is 11.0. The molecule has 0 fully saturated rings. The summed E-state index contributed by atoms with van der Waals surface area (Å²) < 4.78 is 10.6. The van der Waals surface area contributed by atoms with Crippen LogP contribution >= 0.6 is 23.2 Å². The quantitative estimate of drug-likeness (QED) is 0.385. The van der Waals surface area contributed by atoms with Gasteiger partial charge in [0, 0.05) is 19.8 Å². The summed E-state index contributed by atoms with van der Waals surface area (Å²) in [7, 11) is 0. The van der Waals surface area contributed by atoms with Gasteiger partial charge in [0.2, 0.25) is 6.41 Å². The highest BCUT2D eigenvalue weighted by Gasteiger charge is 2.27. The molecule has 1 amide bonds. The lowest BCUT2D eigenvalue weighted by molar-refractivity contribution is -0.217. The molecule has 0 unspecified atom stereocenters. The molecule has 0 spiro atoms. The highest BCUT2D eigenvalue weighted by atomic mass is 35.5. The summed E-state index contributed by atoms with van der Waals surface area (Å²) in [5.41, 5.74) is 0. The van der Waals surface area contributed by atoms with E-state index in [4.69, 9.17) is 32.7 Å². The molecule has 0 N–H and O–H groups in total. The average molecular weight is 270 g/mol. The number of halogens is 2. The van der Waals surface area contributed by atoms with Crippen molar-refractivity contribution in [2.75, 3.05) is 19.8 Å². The van der Waals surface area contributed by atoms with E-state index in [0.29, 0.717) is 13.2 Å². The minimum absolute atomic E-state index is 0.263. The molecule has 0 radical (unpaired) electrons. The Labute approximate surface area is 106 Å². The molecular formula is C10H17Cl2NO3. The molecule has 0 aromatic carbocycles. The first-order chi connectivity index (χ1) is 7.58. The summed E-state index contributed by atoms with van der Waals surface area (Å²) in [6.07, 6.45) is 0.777. The minimum Gasteiger partial charge on any atom is -0.335 e. The average Bonchev–Trinajstić information content (AvgIpc) is 2.24. The van der Waals surface area contributed by atoms with Crippen molar-refractivity contribution in [1.82, 2.24) is 4.90 Å². The summed E-state index contributed by atoms with van der Waals surface area (Å²) in [6.45, 7) is 8.27. The fourth-order valence-corrected chi connectivity index (χ4v) is 1.31. The SMILES string of the molecule is C=CCN(C(=O)C(Cl)Cl)C(OCC)OCC. The lowest BCUT2D eigenvalue weighted by Crippen LogP contribution is -2.46. The van der Waals surface area contributed by atoms with Crippen LogP contribution in [0, 0.1) is 0 Å². The molecule has 0 saturated carbocycles. The second-order valence-corrected chi connectivity index (χ2v) is 3.89. The number of carbonyl (C=O) groups is 1. The van der Waals surface area contributed by atoms with Crippen LogP contribution in [0.2, 0.25) is 0 Å². The molecule has 0 heterocycles.